The first-order valence-electron chi connectivity index (χ1n) is 4.78. The highest BCUT2D eigenvalue weighted by Crippen LogP contribution is 2.38. The van der Waals surface area contributed by atoms with E-state index in [1.165, 1.54) is 0 Å². The number of aliphatic hydroxyl groups is 2. The SMILES string of the molecule is C[C@H](O)[C@@H]1O[C@H](O)[C@@H]2OC(C)(C)O[C@@H]12. The van der Waals surface area contributed by atoms with Gasteiger partial charge in [0.25, 0.3) is 0 Å². The maximum Gasteiger partial charge on any atom is 0.184 e. The molecule has 0 aromatic carbocycles. The largest absolute Gasteiger partial charge is 0.391 e. The van der Waals surface area contributed by atoms with Crippen molar-refractivity contribution in [3.63, 3.8) is 0 Å². The van der Waals surface area contributed by atoms with Crippen LogP contribution in [0.1, 0.15) is 20.8 Å². The molecule has 5 atom stereocenters. The lowest BCUT2D eigenvalue weighted by atomic mass is 10.1. The molecular weight excluding hydrogens is 188 g/mol. The number of hydrogen-bond acceptors (Lipinski definition) is 5. The van der Waals surface area contributed by atoms with E-state index in [-0.39, 0.29) is 6.10 Å². The van der Waals surface area contributed by atoms with Gasteiger partial charge in [-0.15, -0.1) is 0 Å². The molecular formula is C9H16O5. The molecule has 0 aromatic heterocycles. The van der Waals surface area contributed by atoms with Gasteiger partial charge in [0, 0.05) is 0 Å². The lowest BCUT2D eigenvalue weighted by molar-refractivity contribution is -0.229. The lowest BCUT2D eigenvalue weighted by Gasteiger charge is -2.23. The monoisotopic (exact) mass is 204 g/mol. The molecule has 0 aliphatic carbocycles. The van der Waals surface area contributed by atoms with Gasteiger partial charge >= 0.3 is 0 Å². The van der Waals surface area contributed by atoms with Crippen molar-refractivity contribution in [2.24, 2.45) is 0 Å². The van der Waals surface area contributed by atoms with E-state index in [2.05, 4.69) is 0 Å². The Morgan fingerprint density at radius 2 is 1.79 bits per heavy atom. The number of aliphatic hydroxyl groups excluding tert-OH is 2. The Kier molecular flexibility index (Phi) is 2.32. The van der Waals surface area contributed by atoms with Crippen molar-refractivity contribution in [2.75, 3.05) is 0 Å². The van der Waals surface area contributed by atoms with Crippen molar-refractivity contribution >= 4 is 0 Å². The summed E-state index contributed by atoms with van der Waals surface area (Å²) in [5.41, 5.74) is 0. The van der Waals surface area contributed by atoms with Gasteiger partial charge in [-0.3, -0.25) is 0 Å². The first-order valence-corrected chi connectivity index (χ1v) is 4.78. The van der Waals surface area contributed by atoms with Gasteiger partial charge in [-0.2, -0.15) is 0 Å². The molecule has 0 radical (unpaired) electrons. The molecule has 0 saturated carbocycles. The Bertz CT molecular complexity index is 225. The van der Waals surface area contributed by atoms with Crippen LogP contribution in [0.3, 0.4) is 0 Å². The van der Waals surface area contributed by atoms with Gasteiger partial charge in [0.2, 0.25) is 0 Å². The van der Waals surface area contributed by atoms with Gasteiger partial charge in [-0.25, -0.2) is 0 Å². The minimum absolute atomic E-state index is 0.389. The van der Waals surface area contributed by atoms with Crippen LogP contribution < -0.4 is 0 Å². The van der Waals surface area contributed by atoms with Gasteiger partial charge < -0.3 is 24.4 Å². The zero-order chi connectivity index (χ0) is 10.5. The highest BCUT2D eigenvalue weighted by Gasteiger charge is 2.55. The zero-order valence-electron chi connectivity index (χ0n) is 8.51. The second-order valence-corrected chi connectivity index (χ2v) is 4.30. The van der Waals surface area contributed by atoms with Crippen molar-refractivity contribution in [2.45, 2.75) is 57.3 Å². The Labute approximate surface area is 82.6 Å². The molecule has 2 aliphatic rings. The summed E-state index contributed by atoms with van der Waals surface area (Å²) in [6.45, 7) is 5.16. The topological polar surface area (TPSA) is 68.2 Å². The smallest absolute Gasteiger partial charge is 0.184 e. The minimum atomic E-state index is -1.01. The van der Waals surface area contributed by atoms with Crippen molar-refractivity contribution in [1.82, 2.24) is 0 Å². The van der Waals surface area contributed by atoms with Gasteiger partial charge in [0.05, 0.1) is 6.10 Å². The second-order valence-electron chi connectivity index (χ2n) is 4.30. The zero-order valence-corrected chi connectivity index (χ0v) is 8.51. The standard InChI is InChI=1S/C9H16O5/c1-4(10)5-6-7(8(11)12-5)14-9(2,3)13-6/h4-8,10-11H,1-3H3/t4-,5-,6-,7+,8-/m0/s1. The summed E-state index contributed by atoms with van der Waals surface area (Å²) < 4.78 is 16.1. The molecule has 2 rings (SSSR count). The third-order valence-corrected chi connectivity index (χ3v) is 2.54. The maximum absolute atomic E-state index is 9.51. The van der Waals surface area contributed by atoms with Crippen LogP contribution in [0.15, 0.2) is 0 Å². The fraction of sp³-hybridized carbons (Fsp3) is 1.00. The van der Waals surface area contributed by atoms with E-state index < -0.39 is 30.4 Å². The van der Waals surface area contributed by atoms with Crippen molar-refractivity contribution in [1.29, 1.82) is 0 Å². The summed E-state index contributed by atoms with van der Waals surface area (Å²) in [7, 11) is 0. The van der Waals surface area contributed by atoms with E-state index in [1.807, 2.05) is 0 Å². The molecule has 82 valence electrons. The molecule has 0 unspecified atom stereocenters. The first kappa shape index (κ1) is 10.3. The van der Waals surface area contributed by atoms with Gasteiger partial charge in [-0.05, 0) is 20.8 Å². The van der Waals surface area contributed by atoms with Crippen molar-refractivity contribution in [3.8, 4) is 0 Å². The van der Waals surface area contributed by atoms with Gasteiger partial charge in [0.1, 0.15) is 18.3 Å². The number of hydrogen-bond donors (Lipinski definition) is 2. The predicted octanol–water partition coefficient (Wildman–Crippen LogP) is -0.396. The van der Waals surface area contributed by atoms with E-state index in [1.54, 1.807) is 20.8 Å². The Morgan fingerprint density at radius 3 is 2.36 bits per heavy atom. The number of rotatable bonds is 1. The highest BCUT2D eigenvalue weighted by molar-refractivity contribution is 4.96. The van der Waals surface area contributed by atoms with Crippen LogP contribution in [0.4, 0.5) is 0 Å². The fourth-order valence-corrected chi connectivity index (χ4v) is 2.00. The van der Waals surface area contributed by atoms with E-state index in [9.17, 15) is 10.2 Å². The summed E-state index contributed by atoms with van der Waals surface area (Å²) in [5, 5.41) is 18.9. The van der Waals surface area contributed by atoms with E-state index in [0.717, 1.165) is 0 Å². The van der Waals surface area contributed by atoms with Gasteiger partial charge in [-0.1, -0.05) is 0 Å². The molecule has 0 aromatic rings. The molecule has 2 heterocycles. The summed E-state index contributed by atoms with van der Waals surface area (Å²) in [5.74, 6) is -0.715. The molecule has 2 aliphatic heterocycles. The van der Waals surface area contributed by atoms with E-state index in [4.69, 9.17) is 14.2 Å². The predicted molar refractivity (Wildman–Crippen MR) is 46.4 cm³/mol. The Hall–Kier alpha value is -0.200. The first-order chi connectivity index (χ1) is 6.41. The van der Waals surface area contributed by atoms with Crippen molar-refractivity contribution in [3.05, 3.63) is 0 Å². The summed E-state index contributed by atoms with van der Waals surface area (Å²) in [6, 6.07) is 0. The summed E-state index contributed by atoms with van der Waals surface area (Å²) in [4.78, 5) is 0. The van der Waals surface area contributed by atoms with Crippen LogP contribution in [0, 0.1) is 0 Å². The normalized spacial score (nSPS) is 47.8. The number of fused-ring (bicyclic) bond motifs is 1. The van der Waals surface area contributed by atoms with E-state index in [0.29, 0.717) is 0 Å². The molecule has 5 heteroatoms. The van der Waals surface area contributed by atoms with Crippen LogP contribution in [0.25, 0.3) is 0 Å². The second kappa shape index (κ2) is 3.15. The van der Waals surface area contributed by atoms with Crippen LogP contribution in [0.2, 0.25) is 0 Å². The molecule has 0 amide bonds. The third kappa shape index (κ3) is 1.55. The van der Waals surface area contributed by atoms with Crippen LogP contribution in [-0.4, -0.2) is 46.7 Å². The molecule has 5 nitrogen and oxygen atoms in total. The van der Waals surface area contributed by atoms with Crippen LogP contribution in [0.5, 0.6) is 0 Å². The quantitative estimate of drug-likeness (QED) is 0.608. The average molecular weight is 204 g/mol. The Balaban J connectivity index is 2.15. The molecule has 14 heavy (non-hydrogen) atoms. The fourth-order valence-electron chi connectivity index (χ4n) is 2.00. The maximum atomic E-state index is 9.51. The number of ether oxygens (including phenoxy) is 3. The summed E-state index contributed by atoms with van der Waals surface area (Å²) in [6.07, 6.45) is -3.10. The molecule has 0 spiro atoms. The van der Waals surface area contributed by atoms with Crippen LogP contribution in [-0.2, 0) is 14.2 Å². The Morgan fingerprint density at radius 1 is 1.21 bits per heavy atom. The lowest BCUT2D eigenvalue weighted by Crippen LogP contribution is -2.36. The average Bonchev–Trinajstić information content (AvgIpc) is 2.47. The molecule has 2 saturated heterocycles. The van der Waals surface area contributed by atoms with Crippen LogP contribution >= 0.6 is 0 Å². The third-order valence-electron chi connectivity index (χ3n) is 2.54. The summed E-state index contributed by atoms with van der Waals surface area (Å²) >= 11 is 0. The highest BCUT2D eigenvalue weighted by atomic mass is 16.8. The molecule has 2 N–H and O–H groups in total. The van der Waals surface area contributed by atoms with E-state index >= 15 is 0 Å². The minimum Gasteiger partial charge on any atom is -0.391 e. The van der Waals surface area contributed by atoms with Gasteiger partial charge in [0.15, 0.2) is 12.1 Å². The molecule has 2 fully saturated rings. The molecule has 0 bridgehead atoms. The van der Waals surface area contributed by atoms with Crippen molar-refractivity contribution < 1.29 is 24.4 Å².